The van der Waals surface area contributed by atoms with Crippen molar-refractivity contribution in [1.82, 2.24) is 14.8 Å². The van der Waals surface area contributed by atoms with Gasteiger partial charge in [0.1, 0.15) is 0 Å². The standard InChI is InChI=1S/C14H19BrN3S/c1-18(2,13-5-3-4-7-17-13)9-8-16-11-12-6-10-19-14(12)15/h3-7,10,16H,8-9,11H2,1-2H3/q+1. The number of nitrogens with one attached hydrogen (secondary N) is 1. The number of nitrogens with zero attached hydrogens (tertiary/aromatic N) is 2. The van der Waals surface area contributed by atoms with Gasteiger partial charge in [0, 0.05) is 25.4 Å². The Morgan fingerprint density at radius 3 is 2.79 bits per heavy atom. The number of thiophene rings is 1. The fourth-order valence-corrected chi connectivity index (χ4v) is 3.09. The molecule has 1 N–H and O–H groups in total. The van der Waals surface area contributed by atoms with Crippen LogP contribution in [-0.2, 0) is 6.54 Å². The van der Waals surface area contributed by atoms with Crippen LogP contribution >= 0.6 is 27.3 Å². The van der Waals surface area contributed by atoms with Gasteiger partial charge in [0.05, 0.1) is 24.4 Å². The summed E-state index contributed by atoms with van der Waals surface area (Å²) in [7, 11) is 4.37. The van der Waals surface area contributed by atoms with Gasteiger partial charge >= 0.3 is 0 Å². The van der Waals surface area contributed by atoms with Crippen molar-refractivity contribution in [2.45, 2.75) is 6.54 Å². The number of rotatable bonds is 6. The summed E-state index contributed by atoms with van der Waals surface area (Å²) in [6.07, 6.45) is 1.85. The van der Waals surface area contributed by atoms with Gasteiger partial charge in [0.2, 0.25) is 5.82 Å². The summed E-state index contributed by atoms with van der Waals surface area (Å²) in [4.78, 5) is 4.43. The lowest BCUT2D eigenvalue weighted by atomic mass is 10.3. The number of aromatic nitrogens is 1. The summed E-state index contributed by atoms with van der Waals surface area (Å²) in [5.74, 6) is 1.10. The van der Waals surface area contributed by atoms with Gasteiger partial charge in [-0.05, 0) is 39.0 Å². The maximum atomic E-state index is 4.43. The average Bonchev–Trinajstić information content (AvgIpc) is 2.81. The van der Waals surface area contributed by atoms with E-state index in [9.17, 15) is 0 Å². The molecule has 2 aromatic heterocycles. The average molecular weight is 341 g/mol. The molecule has 0 radical (unpaired) electrons. The summed E-state index contributed by atoms with van der Waals surface area (Å²) < 4.78 is 2.01. The topological polar surface area (TPSA) is 24.9 Å². The molecule has 0 bridgehead atoms. The molecule has 19 heavy (non-hydrogen) atoms. The molecule has 0 unspecified atom stereocenters. The van der Waals surface area contributed by atoms with E-state index in [1.54, 1.807) is 11.3 Å². The molecule has 0 amide bonds. The molecule has 0 aliphatic heterocycles. The number of halogens is 1. The van der Waals surface area contributed by atoms with Crippen LogP contribution in [0.25, 0.3) is 0 Å². The second-order valence-corrected chi connectivity index (χ2v) is 7.23. The first-order valence-electron chi connectivity index (χ1n) is 6.27. The second kappa shape index (κ2) is 6.61. The van der Waals surface area contributed by atoms with Crippen LogP contribution < -0.4 is 9.80 Å². The van der Waals surface area contributed by atoms with Gasteiger partial charge in [-0.15, -0.1) is 11.3 Å². The van der Waals surface area contributed by atoms with Gasteiger partial charge in [0.25, 0.3) is 0 Å². The van der Waals surface area contributed by atoms with E-state index in [0.717, 1.165) is 29.9 Å². The van der Waals surface area contributed by atoms with Crippen LogP contribution in [-0.4, -0.2) is 32.2 Å². The van der Waals surface area contributed by atoms with Crippen molar-refractivity contribution in [1.29, 1.82) is 0 Å². The van der Waals surface area contributed by atoms with Gasteiger partial charge in [-0.25, -0.2) is 4.98 Å². The van der Waals surface area contributed by atoms with E-state index >= 15 is 0 Å². The van der Waals surface area contributed by atoms with Crippen LogP contribution in [0.1, 0.15) is 5.56 Å². The zero-order valence-corrected chi connectivity index (χ0v) is 13.7. The van der Waals surface area contributed by atoms with E-state index in [-0.39, 0.29) is 0 Å². The fourth-order valence-electron chi connectivity index (χ4n) is 1.85. The third kappa shape index (κ3) is 4.11. The Labute approximate surface area is 127 Å². The first-order chi connectivity index (χ1) is 9.09. The van der Waals surface area contributed by atoms with E-state index in [1.165, 1.54) is 9.35 Å². The van der Waals surface area contributed by atoms with Gasteiger partial charge < -0.3 is 5.32 Å². The van der Waals surface area contributed by atoms with Crippen LogP contribution in [0.5, 0.6) is 0 Å². The molecule has 0 fully saturated rings. The van der Waals surface area contributed by atoms with Crippen molar-refractivity contribution in [2.75, 3.05) is 27.2 Å². The molecule has 2 aromatic rings. The van der Waals surface area contributed by atoms with Crippen molar-refractivity contribution in [3.8, 4) is 0 Å². The number of likely N-dealkylation sites (N-methyl/N-ethyl adjacent to an activating group) is 1. The molecule has 3 nitrogen and oxygen atoms in total. The lowest BCUT2D eigenvalue weighted by molar-refractivity contribution is 0.381. The Morgan fingerprint density at radius 1 is 1.32 bits per heavy atom. The van der Waals surface area contributed by atoms with Gasteiger partial charge in [0.15, 0.2) is 0 Å². The number of pyridine rings is 1. The number of hydrogen-bond acceptors (Lipinski definition) is 3. The number of hydrogen-bond donors (Lipinski definition) is 1. The summed E-state index contributed by atoms with van der Waals surface area (Å²) in [6, 6.07) is 8.23. The second-order valence-electron chi connectivity index (χ2n) is 4.99. The highest BCUT2D eigenvalue weighted by atomic mass is 79.9. The minimum absolute atomic E-state index is 0.790. The largest absolute Gasteiger partial charge is 0.307 e. The van der Waals surface area contributed by atoms with Crippen molar-refractivity contribution in [3.63, 3.8) is 0 Å². The highest BCUT2D eigenvalue weighted by Crippen LogP contribution is 2.23. The molecule has 0 aliphatic rings. The highest BCUT2D eigenvalue weighted by molar-refractivity contribution is 9.11. The molecule has 5 heteroatoms. The molecular formula is C14H19BrN3S+. The highest BCUT2D eigenvalue weighted by Gasteiger charge is 2.19. The molecule has 0 aliphatic carbocycles. The van der Waals surface area contributed by atoms with Crippen molar-refractivity contribution in [2.24, 2.45) is 0 Å². The van der Waals surface area contributed by atoms with Crippen LogP contribution in [0, 0.1) is 0 Å². The van der Waals surface area contributed by atoms with Crippen molar-refractivity contribution < 1.29 is 0 Å². The third-order valence-electron chi connectivity index (χ3n) is 3.13. The molecule has 2 rings (SSSR count). The minimum atomic E-state index is 0.790. The maximum absolute atomic E-state index is 4.43. The normalized spacial score (nSPS) is 11.7. The number of quaternary nitrogens is 1. The van der Waals surface area contributed by atoms with Crippen molar-refractivity contribution >= 4 is 33.1 Å². The maximum Gasteiger partial charge on any atom is 0.227 e. The Kier molecular flexibility index (Phi) is 5.10. The molecule has 0 atom stereocenters. The Bertz CT molecular complexity index is 510. The van der Waals surface area contributed by atoms with Crippen LogP contribution in [0.2, 0.25) is 0 Å². The molecule has 102 valence electrons. The Hall–Kier alpha value is -0.750. The first-order valence-corrected chi connectivity index (χ1v) is 7.94. The van der Waals surface area contributed by atoms with E-state index in [0.29, 0.717) is 0 Å². The van der Waals surface area contributed by atoms with Crippen LogP contribution in [0.15, 0.2) is 39.6 Å². The van der Waals surface area contributed by atoms with Gasteiger partial charge in [-0.1, -0.05) is 6.07 Å². The van der Waals surface area contributed by atoms with Crippen LogP contribution in [0.4, 0.5) is 5.82 Å². The monoisotopic (exact) mass is 340 g/mol. The summed E-state index contributed by atoms with van der Waals surface area (Å²) >= 11 is 5.29. The Morgan fingerprint density at radius 2 is 2.16 bits per heavy atom. The summed E-state index contributed by atoms with van der Waals surface area (Å²) in [5, 5.41) is 5.59. The predicted octanol–water partition coefficient (Wildman–Crippen LogP) is 3.26. The molecule has 0 saturated heterocycles. The summed E-state index contributed by atoms with van der Waals surface area (Å²) in [6.45, 7) is 2.89. The van der Waals surface area contributed by atoms with E-state index in [4.69, 9.17) is 0 Å². The first kappa shape index (κ1) is 14.7. The van der Waals surface area contributed by atoms with Gasteiger partial charge in [-0.3, -0.25) is 4.48 Å². The van der Waals surface area contributed by atoms with E-state index < -0.39 is 0 Å². The fraction of sp³-hybridized carbons (Fsp3) is 0.357. The quantitative estimate of drug-likeness (QED) is 0.644. The van der Waals surface area contributed by atoms with E-state index in [1.807, 2.05) is 18.3 Å². The molecule has 0 saturated carbocycles. The Balaban J connectivity index is 1.81. The lowest BCUT2D eigenvalue weighted by Crippen LogP contribution is -2.45. The smallest absolute Gasteiger partial charge is 0.227 e. The zero-order chi connectivity index (χ0) is 13.7. The summed E-state index contributed by atoms with van der Waals surface area (Å²) in [5.41, 5.74) is 1.33. The molecule has 0 aromatic carbocycles. The van der Waals surface area contributed by atoms with Gasteiger partial charge in [-0.2, -0.15) is 0 Å². The van der Waals surface area contributed by atoms with Crippen LogP contribution in [0.3, 0.4) is 0 Å². The minimum Gasteiger partial charge on any atom is -0.307 e. The zero-order valence-electron chi connectivity index (χ0n) is 11.3. The molecule has 0 spiro atoms. The molecule has 2 heterocycles. The molecular weight excluding hydrogens is 322 g/mol. The van der Waals surface area contributed by atoms with Crippen molar-refractivity contribution in [3.05, 3.63) is 45.2 Å². The third-order valence-corrected chi connectivity index (χ3v) is 4.94. The predicted molar refractivity (Wildman–Crippen MR) is 86.5 cm³/mol. The SMILES string of the molecule is C[N+](C)(CCNCc1ccsc1Br)c1ccccn1. The lowest BCUT2D eigenvalue weighted by Gasteiger charge is -2.27. The van der Waals surface area contributed by atoms with E-state index in [2.05, 4.69) is 57.8 Å².